The van der Waals surface area contributed by atoms with E-state index in [1.165, 1.54) is 35.1 Å². The van der Waals surface area contributed by atoms with Crippen molar-refractivity contribution in [2.24, 2.45) is 0 Å². The smallest absolute Gasteiger partial charge is 0.292 e. The Kier molecular flexibility index (Phi) is 2.14. The standard InChI is InChI=1S/C14H15NO/c1-9-5-6-11-7-10-3-2-4-12(10)14(13(9)11)16-8-15/h7,9H,2-6H2,1H3/t9-/m0/s1. The van der Waals surface area contributed by atoms with Crippen LogP contribution in [0, 0.1) is 11.5 Å². The van der Waals surface area contributed by atoms with Gasteiger partial charge in [0.05, 0.1) is 0 Å². The Balaban J connectivity index is 2.23. The lowest BCUT2D eigenvalue weighted by Crippen LogP contribution is -1.99. The SMILES string of the molecule is C[C@H]1CCc2cc3c(c(OC#N)c21)CCC3. The number of hydrogen-bond acceptors (Lipinski definition) is 2. The molecule has 0 spiro atoms. The maximum atomic E-state index is 8.80. The summed E-state index contributed by atoms with van der Waals surface area (Å²) in [5.41, 5.74) is 5.44. The minimum Gasteiger partial charge on any atom is -0.387 e. The summed E-state index contributed by atoms with van der Waals surface area (Å²) >= 11 is 0. The van der Waals surface area contributed by atoms with Gasteiger partial charge in [0.15, 0.2) is 0 Å². The number of benzene rings is 1. The molecule has 0 unspecified atom stereocenters. The maximum Gasteiger partial charge on any atom is 0.292 e. The number of nitrogens with zero attached hydrogens (tertiary/aromatic N) is 1. The first-order valence-electron chi connectivity index (χ1n) is 6.04. The summed E-state index contributed by atoms with van der Waals surface area (Å²) in [7, 11) is 0. The minimum absolute atomic E-state index is 0.546. The quantitative estimate of drug-likeness (QED) is 0.671. The topological polar surface area (TPSA) is 33.0 Å². The van der Waals surface area contributed by atoms with Gasteiger partial charge in [0.1, 0.15) is 5.75 Å². The van der Waals surface area contributed by atoms with Crippen LogP contribution in [0.2, 0.25) is 0 Å². The van der Waals surface area contributed by atoms with Gasteiger partial charge in [-0.25, -0.2) is 0 Å². The molecule has 16 heavy (non-hydrogen) atoms. The van der Waals surface area contributed by atoms with Crippen LogP contribution in [-0.4, -0.2) is 0 Å². The van der Waals surface area contributed by atoms with Gasteiger partial charge in [-0.3, -0.25) is 0 Å². The van der Waals surface area contributed by atoms with E-state index in [1.54, 1.807) is 0 Å². The van der Waals surface area contributed by atoms with E-state index in [0.717, 1.165) is 25.0 Å². The van der Waals surface area contributed by atoms with Gasteiger partial charge in [-0.05, 0) is 54.7 Å². The summed E-state index contributed by atoms with van der Waals surface area (Å²) in [6, 6.07) is 2.35. The molecule has 1 aromatic carbocycles. The minimum atomic E-state index is 0.546. The zero-order valence-corrected chi connectivity index (χ0v) is 9.55. The zero-order chi connectivity index (χ0) is 11.1. The number of ether oxygens (including phenoxy) is 1. The molecule has 2 heteroatoms. The van der Waals surface area contributed by atoms with Crippen LogP contribution in [-0.2, 0) is 19.3 Å². The Morgan fingerprint density at radius 1 is 1.31 bits per heavy atom. The van der Waals surface area contributed by atoms with Crippen LogP contribution < -0.4 is 4.74 Å². The van der Waals surface area contributed by atoms with E-state index in [-0.39, 0.29) is 0 Å². The molecule has 0 aromatic heterocycles. The van der Waals surface area contributed by atoms with Gasteiger partial charge >= 0.3 is 0 Å². The Bertz CT molecular complexity index is 484. The first kappa shape index (κ1) is 9.72. The van der Waals surface area contributed by atoms with Gasteiger partial charge in [0.25, 0.3) is 6.26 Å². The van der Waals surface area contributed by atoms with Gasteiger partial charge in [0.2, 0.25) is 0 Å². The fourth-order valence-corrected chi connectivity index (χ4v) is 3.21. The summed E-state index contributed by atoms with van der Waals surface area (Å²) in [5.74, 6) is 1.45. The average Bonchev–Trinajstić information content (AvgIpc) is 2.86. The largest absolute Gasteiger partial charge is 0.387 e. The van der Waals surface area contributed by atoms with Crippen molar-refractivity contribution in [3.63, 3.8) is 0 Å². The lowest BCUT2D eigenvalue weighted by Gasteiger charge is -2.14. The van der Waals surface area contributed by atoms with Crippen molar-refractivity contribution in [1.29, 1.82) is 5.26 Å². The molecule has 0 aliphatic heterocycles. The average molecular weight is 213 g/mol. The lowest BCUT2D eigenvalue weighted by molar-refractivity contribution is 0.490. The number of aryl methyl sites for hydroxylation is 2. The number of fused-ring (bicyclic) bond motifs is 2. The van der Waals surface area contributed by atoms with Crippen molar-refractivity contribution in [1.82, 2.24) is 0 Å². The third-order valence-corrected chi connectivity index (χ3v) is 3.96. The van der Waals surface area contributed by atoms with E-state index < -0.39 is 0 Å². The highest BCUT2D eigenvalue weighted by molar-refractivity contribution is 5.56. The summed E-state index contributed by atoms with van der Waals surface area (Å²) < 4.78 is 5.27. The molecular formula is C14H15NO. The molecule has 0 radical (unpaired) electrons. The van der Waals surface area contributed by atoms with Crippen molar-refractivity contribution < 1.29 is 4.74 Å². The molecule has 0 fully saturated rings. The molecular weight excluding hydrogens is 198 g/mol. The van der Waals surface area contributed by atoms with Gasteiger partial charge < -0.3 is 4.74 Å². The van der Waals surface area contributed by atoms with E-state index in [9.17, 15) is 0 Å². The normalized spacial score (nSPS) is 21.4. The molecule has 1 aromatic rings. The third-order valence-electron chi connectivity index (χ3n) is 3.96. The Morgan fingerprint density at radius 2 is 2.19 bits per heavy atom. The molecule has 0 N–H and O–H groups in total. The van der Waals surface area contributed by atoms with Crippen LogP contribution in [0.4, 0.5) is 0 Å². The van der Waals surface area contributed by atoms with E-state index in [0.29, 0.717) is 5.92 Å². The predicted molar refractivity (Wildman–Crippen MR) is 61.4 cm³/mol. The van der Waals surface area contributed by atoms with Crippen molar-refractivity contribution in [2.75, 3.05) is 0 Å². The summed E-state index contributed by atoms with van der Waals surface area (Å²) in [5, 5.41) is 8.80. The van der Waals surface area contributed by atoms with Gasteiger partial charge in [-0.2, -0.15) is 0 Å². The molecule has 82 valence electrons. The van der Waals surface area contributed by atoms with Crippen LogP contribution >= 0.6 is 0 Å². The lowest BCUT2D eigenvalue weighted by atomic mass is 9.96. The van der Waals surface area contributed by atoms with Crippen molar-refractivity contribution in [3.8, 4) is 12.0 Å². The zero-order valence-electron chi connectivity index (χ0n) is 9.55. The van der Waals surface area contributed by atoms with Crippen molar-refractivity contribution in [3.05, 3.63) is 28.3 Å². The Morgan fingerprint density at radius 3 is 3.00 bits per heavy atom. The van der Waals surface area contributed by atoms with Crippen LogP contribution in [0.5, 0.6) is 5.75 Å². The van der Waals surface area contributed by atoms with Crippen LogP contribution in [0.3, 0.4) is 0 Å². The molecule has 0 saturated carbocycles. The molecule has 0 amide bonds. The maximum absolute atomic E-state index is 8.80. The second-order valence-electron chi connectivity index (χ2n) is 4.90. The highest BCUT2D eigenvalue weighted by Crippen LogP contribution is 2.45. The van der Waals surface area contributed by atoms with Crippen molar-refractivity contribution >= 4 is 0 Å². The van der Waals surface area contributed by atoms with Crippen molar-refractivity contribution in [2.45, 2.75) is 44.9 Å². The van der Waals surface area contributed by atoms with Crippen LogP contribution in [0.1, 0.15) is 47.9 Å². The molecule has 0 bridgehead atoms. The van der Waals surface area contributed by atoms with Gasteiger partial charge in [-0.1, -0.05) is 13.0 Å². The highest BCUT2D eigenvalue weighted by Gasteiger charge is 2.29. The van der Waals surface area contributed by atoms with E-state index >= 15 is 0 Å². The van der Waals surface area contributed by atoms with E-state index in [1.807, 2.05) is 6.26 Å². The second-order valence-corrected chi connectivity index (χ2v) is 4.90. The Labute approximate surface area is 95.8 Å². The Hall–Kier alpha value is -1.49. The molecule has 2 nitrogen and oxygen atoms in total. The predicted octanol–water partition coefficient (Wildman–Crippen LogP) is 3.08. The fourth-order valence-electron chi connectivity index (χ4n) is 3.21. The molecule has 0 saturated heterocycles. The van der Waals surface area contributed by atoms with Gasteiger partial charge in [-0.15, -0.1) is 5.26 Å². The molecule has 2 aliphatic rings. The first-order valence-corrected chi connectivity index (χ1v) is 6.04. The summed E-state index contributed by atoms with van der Waals surface area (Å²) in [6.45, 7) is 2.23. The van der Waals surface area contributed by atoms with Crippen LogP contribution in [0.25, 0.3) is 0 Å². The third kappa shape index (κ3) is 1.24. The first-order chi connectivity index (χ1) is 7.81. The molecule has 1 atom stereocenters. The number of rotatable bonds is 1. The van der Waals surface area contributed by atoms with E-state index in [4.69, 9.17) is 10.00 Å². The summed E-state index contributed by atoms with van der Waals surface area (Å²) in [4.78, 5) is 0. The number of nitriles is 1. The molecule has 2 aliphatic carbocycles. The number of hydrogen-bond donors (Lipinski definition) is 0. The summed E-state index contributed by atoms with van der Waals surface area (Å²) in [6.07, 6.45) is 7.63. The molecule has 3 rings (SSSR count). The molecule has 0 heterocycles. The fraction of sp³-hybridized carbons (Fsp3) is 0.500. The monoisotopic (exact) mass is 213 g/mol. The van der Waals surface area contributed by atoms with Crippen LogP contribution in [0.15, 0.2) is 6.07 Å². The van der Waals surface area contributed by atoms with Gasteiger partial charge in [0, 0.05) is 5.56 Å². The second kappa shape index (κ2) is 3.52. The van der Waals surface area contributed by atoms with E-state index in [2.05, 4.69) is 13.0 Å². The highest BCUT2D eigenvalue weighted by atomic mass is 16.5.